The molecule has 1 fully saturated rings. The molecular weight excluding hydrogens is 242 g/mol. The van der Waals surface area contributed by atoms with E-state index in [2.05, 4.69) is 10.3 Å². The summed E-state index contributed by atoms with van der Waals surface area (Å²) in [5.74, 6) is 0.646. The van der Waals surface area contributed by atoms with Crippen molar-refractivity contribution in [1.29, 1.82) is 0 Å². The maximum absolute atomic E-state index is 12.3. The first-order chi connectivity index (χ1) is 9.20. The second-order valence-electron chi connectivity index (χ2n) is 5.08. The van der Waals surface area contributed by atoms with Crippen molar-refractivity contribution in [3.8, 4) is 5.88 Å². The average molecular weight is 263 g/mol. The van der Waals surface area contributed by atoms with Crippen molar-refractivity contribution >= 4 is 5.91 Å². The molecule has 0 radical (unpaired) electrons. The van der Waals surface area contributed by atoms with Crippen LogP contribution in [0, 0.1) is 5.41 Å². The number of nitrogens with one attached hydrogen (secondary N) is 1. The number of nitrogens with two attached hydrogens (primary N) is 1. The van der Waals surface area contributed by atoms with E-state index in [1.807, 2.05) is 6.07 Å². The summed E-state index contributed by atoms with van der Waals surface area (Å²) in [6.45, 7) is 0.914. The number of nitrogens with zero attached hydrogens (tertiary/aromatic N) is 1. The Balaban J connectivity index is 1.92. The summed E-state index contributed by atoms with van der Waals surface area (Å²) in [7, 11) is 1.58. The number of carbonyl (C=O) groups excluding carboxylic acids is 1. The monoisotopic (exact) mass is 263 g/mol. The molecule has 1 aliphatic carbocycles. The van der Waals surface area contributed by atoms with Gasteiger partial charge in [-0.15, -0.1) is 0 Å². The Labute approximate surface area is 113 Å². The smallest absolute Gasteiger partial charge is 0.227 e. The minimum absolute atomic E-state index is 0.0725. The predicted octanol–water partition coefficient (Wildman–Crippen LogP) is 1.23. The zero-order valence-electron chi connectivity index (χ0n) is 11.3. The van der Waals surface area contributed by atoms with E-state index in [1.54, 1.807) is 19.4 Å². The molecule has 1 saturated carbocycles. The van der Waals surface area contributed by atoms with E-state index in [4.69, 9.17) is 10.5 Å². The number of methoxy groups -OCH3 is 1. The second kappa shape index (κ2) is 6.02. The molecule has 0 aromatic carbocycles. The zero-order chi connectivity index (χ0) is 13.7. The zero-order valence-corrected chi connectivity index (χ0v) is 11.3. The maximum atomic E-state index is 12.3. The summed E-state index contributed by atoms with van der Waals surface area (Å²) < 4.78 is 4.99. The van der Waals surface area contributed by atoms with Crippen molar-refractivity contribution in [3.63, 3.8) is 0 Å². The largest absolute Gasteiger partial charge is 0.481 e. The highest BCUT2D eigenvalue weighted by molar-refractivity contribution is 5.83. The Bertz CT molecular complexity index is 425. The molecule has 104 valence electrons. The molecule has 0 atom stereocenters. The number of ether oxygens (including phenoxy) is 1. The lowest BCUT2D eigenvalue weighted by Crippen LogP contribution is -2.43. The number of aromatic nitrogens is 1. The van der Waals surface area contributed by atoms with Crippen molar-refractivity contribution in [2.24, 2.45) is 11.1 Å². The molecule has 0 saturated heterocycles. The number of pyridine rings is 1. The van der Waals surface area contributed by atoms with E-state index in [1.165, 1.54) is 0 Å². The predicted molar refractivity (Wildman–Crippen MR) is 72.6 cm³/mol. The van der Waals surface area contributed by atoms with Gasteiger partial charge in [-0.25, -0.2) is 4.98 Å². The first-order valence-corrected chi connectivity index (χ1v) is 6.67. The molecule has 0 spiro atoms. The van der Waals surface area contributed by atoms with Crippen LogP contribution in [0.15, 0.2) is 18.3 Å². The maximum Gasteiger partial charge on any atom is 0.227 e. The van der Waals surface area contributed by atoms with Gasteiger partial charge < -0.3 is 15.8 Å². The molecule has 1 aromatic heterocycles. The third kappa shape index (κ3) is 3.04. The highest BCUT2D eigenvalue weighted by Crippen LogP contribution is 2.37. The van der Waals surface area contributed by atoms with Crippen LogP contribution in [0.3, 0.4) is 0 Å². The van der Waals surface area contributed by atoms with Crippen LogP contribution in [0.2, 0.25) is 0 Å². The van der Waals surface area contributed by atoms with Gasteiger partial charge in [0.05, 0.1) is 12.5 Å². The minimum atomic E-state index is -0.347. The second-order valence-corrected chi connectivity index (χ2v) is 5.08. The lowest BCUT2D eigenvalue weighted by molar-refractivity contribution is -0.130. The van der Waals surface area contributed by atoms with Crippen molar-refractivity contribution in [2.45, 2.75) is 32.2 Å². The van der Waals surface area contributed by atoms with Gasteiger partial charge in [-0.1, -0.05) is 18.9 Å². The SMILES string of the molecule is COc1ccc(CNC(=O)C2(CN)CCCC2)cn1. The summed E-state index contributed by atoms with van der Waals surface area (Å²) in [5.41, 5.74) is 6.40. The van der Waals surface area contributed by atoms with Crippen LogP contribution < -0.4 is 15.8 Å². The molecule has 0 aliphatic heterocycles. The van der Waals surface area contributed by atoms with E-state index >= 15 is 0 Å². The summed E-state index contributed by atoms with van der Waals surface area (Å²) in [4.78, 5) is 16.4. The number of hydrogen-bond donors (Lipinski definition) is 2. The Morgan fingerprint density at radius 3 is 2.74 bits per heavy atom. The van der Waals surface area contributed by atoms with E-state index in [9.17, 15) is 4.79 Å². The Kier molecular flexibility index (Phi) is 4.37. The third-order valence-electron chi connectivity index (χ3n) is 3.89. The van der Waals surface area contributed by atoms with Crippen molar-refractivity contribution in [2.75, 3.05) is 13.7 Å². The molecule has 1 aromatic rings. The van der Waals surface area contributed by atoms with E-state index in [-0.39, 0.29) is 11.3 Å². The Hall–Kier alpha value is -1.62. The first-order valence-electron chi connectivity index (χ1n) is 6.67. The van der Waals surface area contributed by atoms with Crippen LogP contribution in [0.4, 0.5) is 0 Å². The molecule has 0 bridgehead atoms. The fourth-order valence-corrected chi connectivity index (χ4v) is 2.58. The van der Waals surface area contributed by atoms with Crippen LogP contribution in [0.25, 0.3) is 0 Å². The van der Waals surface area contributed by atoms with Gasteiger partial charge in [0, 0.05) is 25.4 Å². The fraction of sp³-hybridized carbons (Fsp3) is 0.571. The summed E-state index contributed by atoms with van der Waals surface area (Å²) in [6.07, 6.45) is 5.69. The van der Waals surface area contributed by atoms with E-state index in [0.29, 0.717) is 19.0 Å². The normalized spacial score (nSPS) is 17.2. The average Bonchev–Trinajstić information content (AvgIpc) is 2.95. The Morgan fingerprint density at radius 2 is 2.21 bits per heavy atom. The molecule has 1 amide bonds. The van der Waals surface area contributed by atoms with Gasteiger partial charge >= 0.3 is 0 Å². The minimum Gasteiger partial charge on any atom is -0.481 e. The summed E-state index contributed by atoms with van der Waals surface area (Å²) in [6, 6.07) is 3.69. The number of carbonyl (C=O) groups is 1. The summed E-state index contributed by atoms with van der Waals surface area (Å²) >= 11 is 0. The third-order valence-corrected chi connectivity index (χ3v) is 3.89. The van der Waals surface area contributed by atoms with Gasteiger partial charge in [0.15, 0.2) is 0 Å². The van der Waals surface area contributed by atoms with Gasteiger partial charge in [-0.3, -0.25) is 4.79 Å². The Morgan fingerprint density at radius 1 is 1.47 bits per heavy atom. The van der Waals surface area contributed by atoms with Crippen LogP contribution >= 0.6 is 0 Å². The van der Waals surface area contributed by atoms with Gasteiger partial charge in [-0.2, -0.15) is 0 Å². The molecular formula is C14H21N3O2. The van der Waals surface area contributed by atoms with E-state index in [0.717, 1.165) is 31.2 Å². The molecule has 19 heavy (non-hydrogen) atoms. The first kappa shape index (κ1) is 13.8. The molecule has 5 nitrogen and oxygen atoms in total. The van der Waals surface area contributed by atoms with Crippen LogP contribution in [0.5, 0.6) is 5.88 Å². The molecule has 3 N–H and O–H groups in total. The van der Waals surface area contributed by atoms with Crippen LogP contribution in [-0.2, 0) is 11.3 Å². The molecule has 2 rings (SSSR count). The molecule has 0 unspecified atom stereocenters. The molecule has 1 aliphatic rings. The van der Waals surface area contributed by atoms with Gasteiger partial charge in [0.25, 0.3) is 0 Å². The number of rotatable bonds is 5. The lowest BCUT2D eigenvalue weighted by atomic mass is 9.85. The van der Waals surface area contributed by atoms with Crippen LogP contribution in [0.1, 0.15) is 31.2 Å². The molecule has 1 heterocycles. The standard InChI is InChI=1S/C14H21N3O2/c1-19-12-5-4-11(8-16-12)9-17-13(18)14(10-15)6-2-3-7-14/h4-5,8H,2-3,6-7,9-10,15H2,1H3,(H,17,18). The number of amides is 1. The van der Waals surface area contributed by atoms with Crippen LogP contribution in [-0.4, -0.2) is 24.5 Å². The number of hydrogen-bond acceptors (Lipinski definition) is 4. The van der Waals surface area contributed by atoms with Crippen molar-refractivity contribution in [3.05, 3.63) is 23.9 Å². The highest BCUT2D eigenvalue weighted by Gasteiger charge is 2.39. The van der Waals surface area contributed by atoms with Crippen molar-refractivity contribution in [1.82, 2.24) is 10.3 Å². The topological polar surface area (TPSA) is 77.2 Å². The van der Waals surface area contributed by atoms with Gasteiger partial charge in [0.1, 0.15) is 0 Å². The quantitative estimate of drug-likeness (QED) is 0.837. The fourth-order valence-electron chi connectivity index (χ4n) is 2.58. The molecule has 5 heteroatoms. The lowest BCUT2D eigenvalue weighted by Gasteiger charge is -2.25. The van der Waals surface area contributed by atoms with Gasteiger partial charge in [-0.05, 0) is 18.4 Å². The highest BCUT2D eigenvalue weighted by atomic mass is 16.5. The van der Waals surface area contributed by atoms with Gasteiger partial charge in [0.2, 0.25) is 11.8 Å². The van der Waals surface area contributed by atoms with Crippen molar-refractivity contribution < 1.29 is 9.53 Å². The van der Waals surface area contributed by atoms with E-state index < -0.39 is 0 Å². The summed E-state index contributed by atoms with van der Waals surface area (Å²) in [5, 5.41) is 2.97.